The van der Waals surface area contributed by atoms with Crippen LogP contribution in [0.2, 0.25) is 0 Å². The molecule has 0 aliphatic rings. The van der Waals surface area contributed by atoms with Gasteiger partial charge in [0, 0.05) is 24.0 Å². The van der Waals surface area contributed by atoms with E-state index in [-0.39, 0.29) is 24.5 Å². The zero-order valence-corrected chi connectivity index (χ0v) is 15.2. The van der Waals surface area contributed by atoms with Gasteiger partial charge in [-0.15, -0.1) is 12.4 Å². The molecule has 8 heteroatoms. The quantitative estimate of drug-likeness (QED) is 0.665. The number of aryl methyl sites for hydroxylation is 1. The molecule has 6 nitrogen and oxygen atoms in total. The maximum Gasteiger partial charge on any atom is 0.274 e. The van der Waals surface area contributed by atoms with Gasteiger partial charge in [-0.25, -0.2) is 17.8 Å². The molecule has 0 fully saturated rings. The fourth-order valence-electron chi connectivity index (χ4n) is 2.60. The van der Waals surface area contributed by atoms with Crippen molar-refractivity contribution in [3.63, 3.8) is 0 Å². The normalized spacial score (nSPS) is 10.8. The third-order valence-corrected chi connectivity index (χ3v) is 4.22. The van der Waals surface area contributed by atoms with E-state index in [1.165, 1.54) is 4.68 Å². The van der Waals surface area contributed by atoms with Crippen LogP contribution in [0, 0.1) is 0 Å². The number of halogens is 1. The Morgan fingerprint density at radius 2 is 1.68 bits per heavy atom. The number of benzene rings is 2. The molecule has 0 spiro atoms. The van der Waals surface area contributed by atoms with E-state index in [4.69, 9.17) is 0 Å². The average molecular weight is 380 g/mol. The Bertz CT molecular complexity index is 1010. The van der Waals surface area contributed by atoms with Gasteiger partial charge in [-0.1, -0.05) is 42.5 Å². The summed E-state index contributed by atoms with van der Waals surface area (Å²) in [5.74, 6) is 0. The van der Waals surface area contributed by atoms with Crippen LogP contribution in [0.25, 0.3) is 22.0 Å². The first-order valence-electron chi connectivity index (χ1n) is 7.57. The predicted molar refractivity (Wildman–Crippen MR) is 102 cm³/mol. The van der Waals surface area contributed by atoms with Crippen molar-refractivity contribution in [3.05, 3.63) is 64.4 Å². The van der Waals surface area contributed by atoms with Crippen molar-refractivity contribution >= 4 is 34.1 Å². The van der Waals surface area contributed by atoms with Gasteiger partial charge in [-0.2, -0.15) is 5.10 Å². The van der Waals surface area contributed by atoms with Gasteiger partial charge in [-0.3, -0.25) is 4.79 Å². The van der Waals surface area contributed by atoms with Gasteiger partial charge in [0.1, 0.15) is 0 Å². The van der Waals surface area contributed by atoms with E-state index in [0.29, 0.717) is 11.9 Å². The molecule has 132 valence electrons. The second-order valence-corrected chi connectivity index (χ2v) is 6.13. The molecule has 0 atom stereocenters. The summed E-state index contributed by atoms with van der Waals surface area (Å²) in [4.78, 5) is 12.4. The highest BCUT2D eigenvalue weighted by Crippen LogP contribution is 2.24. The Morgan fingerprint density at radius 3 is 2.28 bits per heavy atom. The van der Waals surface area contributed by atoms with Gasteiger partial charge < -0.3 is 0 Å². The summed E-state index contributed by atoms with van der Waals surface area (Å²) in [6.45, 7) is 2.63. The lowest BCUT2D eigenvalue weighted by molar-refractivity contribution is 0.601. The molecule has 25 heavy (non-hydrogen) atoms. The molecule has 0 unspecified atom stereocenters. The van der Waals surface area contributed by atoms with Gasteiger partial charge in [-0.05, 0) is 18.6 Å². The Hall–Kier alpha value is -2.22. The van der Waals surface area contributed by atoms with Crippen LogP contribution in [-0.4, -0.2) is 18.2 Å². The van der Waals surface area contributed by atoms with E-state index < -0.39 is 10.9 Å². The van der Waals surface area contributed by atoms with E-state index in [2.05, 4.69) is 9.82 Å². The molecular weight excluding hydrogens is 362 g/mol. The maximum atomic E-state index is 12.4. The predicted octanol–water partition coefficient (Wildman–Crippen LogP) is 2.12. The molecule has 2 aromatic carbocycles. The first-order valence-corrected chi connectivity index (χ1v) is 8.75. The molecule has 0 bridgehead atoms. The molecule has 0 aliphatic heterocycles. The Kier molecular flexibility index (Phi) is 6.30. The van der Waals surface area contributed by atoms with Crippen molar-refractivity contribution in [2.45, 2.75) is 20.0 Å². The van der Waals surface area contributed by atoms with Crippen LogP contribution in [0.1, 0.15) is 12.5 Å². The zero-order valence-electron chi connectivity index (χ0n) is 13.5. The number of nitrogens with zero attached hydrogens (tertiary/aromatic N) is 2. The first kappa shape index (κ1) is 19.1. The lowest BCUT2D eigenvalue weighted by Crippen LogP contribution is -2.22. The lowest BCUT2D eigenvalue weighted by atomic mass is 10.0. The van der Waals surface area contributed by atoms with Gasteiger partial charge in [0.05, 0.1) is 11.1 Å². The molecule has 0 radical (unpaired) electrons. The van der Waals surface area contributed by atoms with Gasteiger partial charge in [0.25, 0.3) is 5.56 Å². The number of aromatic nitrogens is 2. The third kappa shape index (κ3) is 4.07. The fourth-order valence-corrected chi connectivity index (χ4v) is 2.91. The van der Waals surface area contributed by atoms with Gasteiger partial charge in [0.2, 0.25) is 10.9 Å². The first-order chi connectivity index (χ1) is 11.6. The molecule has 1 heterocycles. The lowest BCUT2D eigenvalue weighted by Gasteiger charge is -2.10. The molecule has 3 aromatic rings. The molecule has 0 saturated heterocycles. The van der Waals surface area contributed by atoms with E-state index in [1.807, 2.05) is 49.4 Å². The summed E-state index contributed by atoms with van der Waals surface area (Å²) in [7, 11) is -2.61. The van der Waals surface area contributed by atoms with Gasteiger partial charge in [0.15, 0.2) is 0 Å². The Balaban J connectivity index is 0.00000225. The molecular formula is C17H18ClN3O3S. The van der Waals surface area contributed by atoms with Crippen LogP contribution in [0.3, 0.4) is 0 Å². The maximum absolute atomic E-state index is 12.4. The highest BCUT2D eigenvalue weighted by molar-refractivity contribution is 7.70. The number of fused-ring (bicyclic) bond motifs is 1. The number of thiol groups is 1. The van der Waals surface area contributed by atoms with Crippen LogP contribution >= 0.6 is 12.4 Å². The Morgan fingerprint density at radius 1 is 1.04 bits per heavy atom. The number of hydrogen-bond donors (Lipinski definition) is 2. The third-order valence-electron chi connectivity index (χ3n) is 3.81. The van der Waals surface area contributed by atoms with E-state index in [9.17, 15) is 13.2 Å². The fraction of sp³-hybridized carbons (Fsp3) is 0.176. The van der Waals surface area contributed by atoms with Crippen LogP contribution in [0.5, 0.6) is 0 Å². The summed E-state index contributed by atoms with van der Waals surface area (Å²) in [5.41, 5.74) is 2.37. The number of hydrogen-bond acceptors (Lipinski definition) is 4. The average Bonchev–Trinajstić information content (AvgIpc) is 2.61. The van der Waals surface area contributed by atoms with E-state index in [0.717, 1.165) is 22.2 Å². The summed E-state index contributed by atoms with van der Waals surface area (Å²) < 4.78 is 25.0. The number of rotatable bonds is 5. The second-order valence-electron chi connectivity index (χ2n) is 5.30. The van der Waals surface area contributed by atoms with E-state index >= 15 is 0 Å². The minimum atomic E-state index is -2.61. The van der Waals surface area contributed by atoms with Crippen molar-refractivity contribution in [2.75, 3.05) is 0 Å². The zero-order chi connectivity index (χ0) is 17.1. The Labute approximate surface area is 153 Å². The van der Waals surface area contributed by atoms with Crippen molar-refractivity contribution in [2.24, 2.45) is 0 Å². The standard InChI is InChI=1S/C17H17N3O3S.ClH/c1-2-20-17(21)15-6-4-3-5-14(15)16(19-20)13-9-7-12(8-10-13)11-18-24(22)23;/h3-10,24H,2,11H2,1H3,(H,18,22,23);1H. The molecule has 0 aliphatic carbocycles. The summed E-state index contributed by atoms with van der Waals surface area (Å²) in [6, 6.07) is 14.9. The van der Waals surface area contributed by atoms with Crippen LogP contribution in [0.15, 0.2) is 53.3 Å². The smallest absolute Gasteiger partial charge is 0.267 e. The minimum Gasteiger partial charge on any atom is -0.267 e. The van der Waals surface area contributed by atoms with Gasteiger partial charge >= 0.3 is 0 Å². The highest BCUT2D eigenvalue weighted by Gasteiger charge is 2.11. The summed E-state index contributed by atoms with van der Waals surface area (Å²) in [6.07, 6.45) is 0. The molecule has 0 amide bonds. The molecule has 3 rings (SSSR count). The minimum absolute atomic E-state index is 0. The number of nitrogens with one attached hydrogen (secondary N) is 1. The SMILES string of the molecule is CCn1nc(-c2ccc(CN[SH](=O)=O)cc2)c2ccccc2c1=O.Cl. The van der Waals surface area contributed by atoms with Crippen LogP contribution in [-0.2, 0) is 24.0 Å². The summed E-state index contributed by atoms with van der Waals surface area (Å²) in [5, 5.41) is 5.93. The molecule has 1 N–H and O–H groups in total. The topological polar surface area (TPSA) is 81.1 Å². The van der Waals surface area contributed by atoms with Crippen molar-refractivity contribution in [3.8, 4) is 11.3 Å². The monoisotopic (exact) mass is 379 g/mol. The molecule has 1 aromatic heterocycles. The highest BCUT2D eigenvalue weighted by atomic mass is 35.5. The second kappa shape index (κ2) is 8.24. The van der Waals surface area contributed by atoms with Crippen molar-refractivity contribution in [1.82, 2.24) is 14.5 Å². The van der Waals surface area contributed by atoms with Crippen molar-refractivity contribution < 1.29 is 8.42 Å². The van der Waals surface area contributed by atoms with E-state index in [1.54, 1.807) is 6.07 Å². The molecule has 0 saturated carbocycles. The van der Waals surface area contributed by atoms with Crippen molar-refractivity contribution in [1.29, 1.82) is 0 Å². The summed E-state index contributed by atoms with van der Waals surface area (Å²) >= 11 is 0. The van der Waals surface area contributed by atoms with Crippen LogP contribution in [0.4, 0.5) is 0 Å². The largest absolute Gasteiger partial charge is 0.274 e. The van der Waals surface area contributed by atoms with Crippen LogP contribution < -0.4 is 10.3 Å².